The monoisotopic (exact) mass is 243 g/mol. The summed E-state index contributed by atoms with van der Waals surface area (Å²) in [6.07, 6.45) is 3.97. The highest BCUT2D eigenvalue weighted by Crippen LogP contribution is 2.35. The molecule has 0 unspecified atom stereocenters. The lowest BCUT2D eigenvalue weighted by Gasteiger charge is -2.14. The number of aromatic amines is 1. The molecule has 2 aromatic rings. The second-order valence-electron chi connectivity index (χ2n) is 4.93. The van der Waals surface area contributed by atoms with Gasteiger partial charge in [-0.15, -0.1) is 0 Å². The fraction of sp³-hybridized carbons (Fsp3) is 0.357. The van der Waals surface area contributed by atoms with Gasteiger partial charge in [-0.25, -0.2) is 0 Å². The molecule has 1 aromatic heterocycles. The zero-order valence-corrected chi connectivity index (χ0v) is 10.2. The van der Waals surface area contributed by atoms with Crippen molar-refractivity contribution in [2.45, 2.75) is 24.9 Å². The molecule has 3 N–H and O–H groups in total. The molecule has 18 heavy (non-hydrogen) atoms. The molecule has 1 fully saturated rings. The summed E-state index contributed by atoms with van der Waals surface area (Å²) < 4.78 is 0. The van der Waals surface area contributed by atoms with E-state index in [1.807, 2.05) is 24.4 Å². The molecule has 1 aliphatic rings. The van der Waals surface area contributed by atoms with E-state index in [1.165, 1.54) is 0 Å². The summed E-state index contributed by atoms with van der Waals surface area (Å²) in [5.74, 6) is 0. The average Bonchev–Trinajstić information content (AvgIpc) is 3.07. The van der Waals surface area contributed by atoms with E-state index >= 15 is 0 Å². The molecule has 0 bridgehead atoms. The number of hydrogen-bond acceptors (Lipinski definition) is 3. The molecule has 94 valence electrons. The first-order valence-electron chi connectivity index (χ1n) is 6.27. The van der Waals surface area contributed by atoms with Crippen molar-refractivity contribution in [2.75, 3.05) is 6.61 Å². The van der Waals surface area contributed by atoms with Gasteiger partial charge in [-0.1, -0.05) is 30.3 Å². The van der Waals surface area contributed by atoms with E-state index in [9.17, 15) is 5.11 Å². The van der Waals surface area contributed by atoms with Crippen LogP contribution in [0.2, 0.25) is 0 Å². The lowest BCUT2D eigenvalue weighted by Crippen LogP contribution is -2.34. The van der Waals surface area contributed by atoms with Gasteiger partial charge in [-0.05, 0) is 18.4 Å². The molecule has 4 nitrogen and oxygen atoms in total. The molecule has 0 aliphatic heterocycles. The number of rotatable bonds is 5. The first-order valence-corrected chi connectivity index (χ1v) is 6.27. The highest BCUT2D eigenvalue weighted by atomic mass is 16.3. The predicted octanol–water partition coefficient (Wildman–Crippen LogP) is 1.69. The van der Waals surface area contributed by atoms with Gasteiger partial charge in [0.05, 0.1) is 18.5 Å². The average molecular weight is 243 g/mol. The number of nitrogens with one attached hydrogen (secondary N) is 2. The molecule has 3 rings (SSSR count). The van der Waals surface area contributed by atoms with Crippen molar-refractivity contribution in [3.05, 3.63) is 42.1 Å². The van der Waals surface area contributed by atoms with Crippen LogP contribution in [-0.2, 0) is 6.54 Å². The Balaban J connectivity index is 1.76. The molecule has 4 heteroatoms. The van der Waals surface area contributed by atoms with Gasteiger partial charge >= 0.3 is 0 Å². The Hall–Kier alpha value is -1.65. The third-order valence-corrected chi connectivity index (χ3v) is 3.59. The van der Waals surface area contributed by atoms with Crippen molar-refractivity contribution in [3.63, 3.8) is 0 Å². The van der Waals surface area contributed by atoms with Gasteiger partial charge in [-0.3, -0.25) is 5.10 Å². The number of hydrogen-bond donors (Lipinski definition) is 3. The standard InChI is InChI=1S/C14H17N3O/c18-10-14(6-7-14)15-8-12-9-16-17-13(12)11-4-2-1-3-5-11/h1-5,9,15,18H,6-8,10H2,(H,16,17). The van der Waals surface area contributed by atoms with Crippen LogP contribution in [0, 0.1) is 0 Å². The SMILES string of the molecule is OCC1(NCc2cn[nH]c2-c2ccccc2)CC1. The first-order chi connectivity index (χ1) is 8.83. The third-order valence-electron chi connectivity index (χ3n) is 3.59. The maximum atomic E-state index is 9.29. The maximum Gasteiger partial charge on any atom is 0.0695 e. The molecule has 1 aliphatic carbocycles. The van der Waals surface area contributed by atoms with Crippen LogP contribution in [0.1, 0.15) is 18.4 Å². The number of aromatic nitrogens is 2. The van der Waals surface area contributed by atoms with Crippen LogP contribution in [0.4, 0.5) is 0 Å². The number of H-pyrrole nitrogens is 1. The largest absolute Gasteiger partial charge is 0.394 e. The number of nitrogens with zero attached hydrogens (tertiary/aromatic N) is 1. The van der Waals surface area contributed by atoms with Gasteiger partial charge in [-0.2, -0.15) is 5.10 Å². The second-order valence-corrected chi connectivity index (χ2v) is 4.93. The van der Waals surface area contributed by atoms with Crippen molar-refractivity contribution in [1.82, 2.24) is 15.5 Å². The Morgan fingerprint density at radius 3 is 2.72 bits per heavy atom. The van der Waals surface area contributed by atoms with Crippen LogP contribution in [0.3, 0.4) is 0 Å². The second kappa shape index (κ2) is 4.55. The van der Waals surface area contributed by atoms with Crippen LogP contribution in [0.25, 0.3) is 11.3 Å². The zero-order chi connectivity index (χ0) is 12.4. The summed E-state index contributed by atoms with van der Waals surface area (Å²) in [4.78, 5) is 0. The third kappa shape index (κ3) is 2.17. The Kier molecular flexibility index (Phi) is 2.89. The molecular formula is C14H17N3O. The van der Waals surface area contributed by atoms with E-state index in [1.54, 1.807) is 0 Å². The summed E-state index contributed by atoms with van der Waals surface area (Å²) >= 11 is 0. The molecule has 0 radical (unpaired) electrons. The lowest BCUT2D eigenvalue weighted by atomic mass is 10.1. The van der Waals surface area contributed by atoms with Crippen LogP contribution < -0.4 is 5.32 Å². The van der Waals surface area contributed by atoms with E-state index in [0.29, 0.717) is 0 Å². The highest BCUT2D eigenvalue weighted by molar-refractivity contribution is 5.62. The lowest BCUT2D eigenvalue weighted by molar-refractivity contribution is 0.229. The van der Waals surface area contributed by atoms with Gasteiger partial charge in [0.2, 0.25) is 0 Å². The summed E-state index contributed by atoms with van der Waals surface area (Å²) in [5, 5.41) is 19.9. The predicted molar refractivity (Wildman–Crippen MR) is 69.9 cm³/mol. The fourth-order valence-electron chi connectivity index (χ4n) is 2.12. The minimum absolute atomic E-state index is 0.0365. The quantitative estimate of drug-likeness (QED) is 0.749. The smallest absolute Gasteiger partial charge is 0.0695 e. The molecule has 0 atom stereocenters. The number of aliphatic hydroxyl groups is 1. The molecule has 1 saturated carbocycles. The Labute approximate surface area is 106 Å². The van der Waals surface area contributed by atoms with E-state index in [-0.39, 0.29) is 12.1 Å². The van der Waals surface area contributed by atoms with Gasteiger partial charge in [0.15, 0.2) is 0 Å². The van der Waals surface area contributed by atoms with Gasteiger partial charge in [0.25, 0.3) is 0 Å². The zero-order valence-electron chi connectivity index (χ0n) is 10.2. The Bertz CT molecular complexity index is 517. The van der Waals surface area contributed by atoms with Crippen molar-refractivity contribution < 1.29 is 5.11 Å². The Morgan fingerprint density at radius 2 is 2.06 bits per heavy atom. The molecule has 0 saturated heterocycles. The topological polar surface area (TPSA) is 60.9 Å². The molecule has 1 aromatic carbocycles. The Morgan fingerprint density at radius 1 is 1.28 bits per heavy atom. The van der Waals surface area contributed by atoms with Gasteiger partial charge in [0, 0.05) is 17.6 Å². The van der Waals surface area contributed by atoms with E-state index in [4.69, 9.17) is 0 Å². The molecule has 1 heterocycles. The van der Waals surface area contributed by atoms with Crippen LogP contribution in [0.15, 0.2) is 36.5 Å². The molecule has 0 amide bonds. The fourth-order valence-corrected chi connectivity index (χ4v) is 2.12. The van der Waals surface area contributed by atoms with Gasteiger partial charge < -0.3 is 10.4 Å². The van der Waals surface area contributed by atoms with E-state index in [0.717, 1.165) is 36.2 Å². The van der Waals surface area contributed by atoms with Crippen LogP contribution >= 0.6 is 0 Å². The van der Waals surface area contributed by atoms with Crippen molar-refractivity contribution in [1.29, 1.82) is 0 Å². The van der Waals surface area contributed by atoms with E-state index < -0.39 is 0 Å². The minimum Gasteiger partial charge on any atom is -0.394 e. The summed E-state index contributed by atoms with van der Waals surface area (Å²) in [6, 6.07) is 10.2. The molecular weight excluding hydrogens is 226 g/mol. The minimum atomic E-state index is -0.0365. The van der Waals surface area contributed by atoms with Crippen LogP contribution in [-0.4, -0.2) is 27.4 Å². The maximum absolute atomic E-state index is 9.29. The van der Waals surface area contributed by atoms with Crippen molar-refractivity contribution in [3.8, 4) is 11.3 Å². The first kappa shape index (κ1) is 11.4. The summed E-state index contributed by atoms with van der Waals surface area (Å²) in [7, 11) is 0. The molecule has 0 spiro atoms. The van der Waals surface area contributed by atoms with Crippen molar-refractivity contribution >= 4 is 0 Å². The van der Waals surface area contributed by atoms with Crippen molar-refractivity contribution in [2.24, 2.45) is 0 Å². The van der Waals surface area contributed by atoms with Crippen LogP contribution in [0.5, 0.6) is 0 Å². The highest BCUT2D eigenvalue weighted by Gasteiger charge is 2.41. The van der Waals surface area contributed by atoms with Gasteiger partial charge in [0.1, 0.15) is 0 Å². The number of aliphatic hydroxyl groups excluding tert-OH is 1. The number of benzene rings is 1. The summed E-state index contributed by atoms with van der Waals surface area (Å²) in [6.45, 7) is 0.951. The van der Waals surface area contributed by atoms with E-state index in [2.05, 4.69) is 27.6 Å². The normalized spacial score (nSPS) is 16.7. The summed E-state index contributed by atoms with van der Waals surface area (Å²) in [5.41, 5.74) is 3.30.